The summed E-state index contributed by atoms with van der Waals surface area (Å²) in [6, 6.07) is 7.82. The number of aromatic nitrogens is 1. The predicted molar refractivity (Wildman–Crippen MR) is 80.4 cm³/mol. The van der Waals surface area contributed by atoms with Crippen LogP contribution in [0.4, 0.5) is 10.1 Å². The summed E-state index contributed by atoms with van der Waals surface area (Å²) in [5.41, 5.74) is 1.16. The van der Waals surface area contributed by atoms with E-state index in [0.29, 0.717) is 11.3 Å². The van der Waals surface area contributed by atoms with Gasteiger partial charge in [0.25, 0.3) is 0 Å². The molecule has 1 unspecified atom stereocenters. The Morgan fingerprint density at radius 3 is 2.67 bits per heavy atom. The molecule has 2 aromatic rings. The fourth-order valence-electron chi connectivity index (χ4n) is 1.99. The zero-order valence-electron chi connectivity index (χ0n) is 11.9. The first-order valence-corrected chi connectivity index (χ1v) is 8.28. The molecule has 1 aromatic heterocycles. The zero-order valence-corrected chi connectivity index (χ0v) is 12.7. The van der Waals surface area contributed by atoms with Gasteiger partial charge in [0.2, 0.25) is 0 Å². The molecule has 6 heteroatoms. The first-order valence-electron chi connectivity index (χ1n) is 6.63. The lowest BCUT2D eigenvalue weighted by atomic mass is 10.1. The van der Waals surface area contributed by atoms with Crippen LogP contribution in [-0.4, -0.2) is 19.2 Å². The second-order valence-corrected chi connectivity index (χ2v) is 6.95. The Bertz CT molecular complexity index is 732. The lowest BCUT2D eigenvalue weighted by Gasteiger charge is -2.18. The van der Waals surface area contributed by atoms with Gasteiger partial charge in [0.1, 0.15) is 5.82 Å². The van der Waals surface area contributed by atoms with Gasteiger partial charge in [0.05, 0.1) is 28.6 Å². The van der Waals surface area contributed by atoms with Gasteiger partial charge in [-0.25, -0.2) is 12.8 Å². The third kappa shape index (κ3) is 3.58. The van der Waals surface area contributed by atoms with Crippen LogP contribution in [0.2, 0.25) is 0 Å². The van der Waals surface area contributed by atoms with Gasteiger partial charge in [-0.3, -0.25) is 4.98 Å². The highest BCUT2D eigenvalue weighted by molar-refractivity contribution is 7.91. The number of benzene rings is 1. The molecular formula is C15H17FN2O2S. The molecule has 21 heavy (non-hydrogen) atoms. The van der Waals surface area contributed by atoms with Crippen LogP contribution in [0.3, 0.4) is 0 Å². The second-order valence-electron chi connectivity index (χ2n) is 4.70. The highest BCUT2D eigenvalue weighted by Gasteiger charge is 2.17. The minimum absolute atomic E-state index is 0.0294. The Morgan fingerprint density at radius 1 is 1.29 bits per heavy atom. The van der Waals surface area contributed by atoms with Gasteiger partial charge >= 0.3 is 0 Å². The molecule has 2 rings (SSSR count). The summed E-state index contributed by atoms with van der Waals surface area (Å²) in [7, 11) is -3.32. The zero-order chi connectivity index (χ0) is 15.5. The molecule has 0 spiro atoms. The molecule has 0 aliphatic rings. The van der Waals surface area contributed by atoms with Crippen molar-refractivity contribution < 1.29 is 12.8 Å². The summed E-state index contributed by atoms with van der Waals surface area (Å²) in [5, 5.41) is 3.11. The minimum Gasteiger partial charge on any atom is -0.377 e. The Kier molecular flexibility index (Phi) is 4.57. The van der Waals surface area contributed by atoms with E-state index in [1.54, 1.807) is 37.4 Å². The molecule has 0 amide bonds. The van der Waals surface area contributed by atoms with Gasteiger partial charge in [0, 0.05) is 6.20 Å². The van der Waals surface area contributed by atoms with Crippen LogP contribution in [0.1, 0.15) is 25.5 Å². The largest absolute Gasteiger partial charge is 0.377 e. The second kappa shape index (κ2) is 6.22. The van der Waals surface area contributed by atoms with Crippen LogP contribution in [0, 0.1) is 5.82 Å². The number of rotatable bonds is 5. The quantitative estimate of drug-likeness (QED) is 0.921. The van der Waals surface area contributed by atoms with Gasteiger partial charge < -0.3 is 5.32 Å². The average molecular weight is 308 g/mol. The van der Waals surface area contributed by atoms with Crippen molar-refractivity contribution in [1.82, 2.24) is 4.98 Å². The third-order valence-electron chi connectivity index (χ3n) is 3.20. The van der Waals surface area contributed by atoms with Gasteiger partial charge in [-0.1, -0.05) is 19.1 Å². The van der Waals surface area contributed by atoms with E-state index >= 15 is 0 Å². The Labute approximate surface area is 124 Å². The van der Waals surface area contributed by atoms with Crippen molar-refractivity contribution in [2.45, 2.75) is 24.8 Å². The molecule has 0 fully saturated rings. The van der Waals surface area contributed by atoms with E-state index in [1.165, 1.54) is 6.07 Å². The van der Waals surface area contributed by atoms with Gasteiger partial charge in [-0.05, 0) is 30.7 Å². The molecule has 1 N–H and O–H groups in total. The third-order valence-corrected chi connectivity index (χ3v) is 4.99. The summed E-state index contributed by atoms with van der Waals surface area (Å²) in [6.07, 6.45) is 2.68. The van der Waals surface area contributed by atoms with Gasteiger partial charge in [-0.15, -0.1) is 0 Å². The summed E-state index contributed by atoms with van der Waals surface area (Å²) < 4.78 is 37.4. The maximum Gasteiger partial charge on any atom is 0.180 e. The van der Waals surface area contributed by atoms with Crippen molar-refractivity contribution in [1.29, 1.82) is 0 Å². The highest BCUT2D eigenvalue weighted by atomic mass is 32.2. The normalized spacial score (nSPS) is 12.9. The SMILES string of the molecule is CCS(=O)(=O)c1ccccc1NC(C)c1cncc(F)c1. The van der Waals surface area contributed by atoms with Crippen LogP contribution >= 0.6 is 0 Å². The minimum atomic E-state index is -3.32. The van der Waals surface area contributed by atoms with Crippen LogP contribution in [-0.2, 0) is 9.84 Å². The van der Waals surface area contributed by atoms with Crippen LogP contribution < -0.4 is 5.32 Å². The molecule has 112 valence electrons. The molecule has 1 atom stereocenters. The summed E-state index contributed by atoms with van der Waals surface area (Å²) >= 11 is 0. The average Bonchev–Trinajstić information content (AvgIpc) is 2.47. The number of nitrogens with zero attached hydrogens (tertiary/aromatic N) is 1. The van der Waals surface area contributed by atoms with E-state index in [-0.39, 0.29) is 16.7 Å². The number of pyridine rings is 1. The van der Waals surface area contributed by atoms with E-state index in [9.17, 15) is 12.8 Å². The van der Waals surface area contributed by atoms with Crippen molar-refractivity contribution in [2.24, 2.45) is 0 Å². The fourth-order valence-corrected chi connectivity index (χ4v) is 3.05. The molecule has 0 saturated heterocycles. The van der Waals surface area contributed by atoms with Crippen molar-refractivity contribution >= 4 is 15.5 Å². The maximum absolute atomic E-state index is 13.2. The van der Waals surface area contributed by atoms with Crippen molar-refractivity contribution in [3.8, 4) is 0 Å². The first-order chi connectivity index (χ1) is 9.94. The smallest absolute Gasteiger partial charge is 0.180 e. The first kappa shape index (κ1) is 15.4. The summed E-state index contributed by atoms with van der Waals surface area (Å²) in [4.78, 5) is 4.05. The van der Waals surface area contributed by atoms with E-state index in [2.05, 4.69) is 10.3 Å². The molecule has 1 aromatic carbocycles. The number of hydrogen-bond donors (Lipinski definition) is 1. The monoisotopic (exact) mass is 308 g/mol. The lowest BCUT2D eigenvalue weighted by molar-refractivity contribution is 0.597. The van der Waals surface area contributed by atoms with Crippen LogP contribution in [0.25, 0.3) is 0 Å². The molecule has 0 aliphatic heterocycles. The van der Waals surface area contributed by atoms with Gasteiger partial charge in [-0.2, -0.15) is 0 Å². The van der Waals surface area contributed by atoms with Crippen LogP contribution in [0.5, 0.6) is 0 Å². The summed E-state index contributed by atoms with van der Waals surface area (Å²) in [5.74, 6) is -0.391. The molecule has 0 bridgehead atoms. The molecule has 0 saturated carbocycles. The Morgan fingerprint density at radius 2 is 2.00 bits per heavy atom. The molecule has 0 aliphatic carbocycles. The summed E-state index contributed by atoms with van der Waals surface area (Å²) in [6.45, 7) is 3.43. The van der Waals surface area contributed by atoms with Crippen LogP contribution in [0.15, 0.2) is 47.6 Å². The molecule has 4 nitrogen and oxygen atoms in total. The number of para-hydroxylation sites is 1. The molecular weight excluding hydrogens is 291 g/mol. The number of nitrogens with one attached hydrogen (secondary N) is 1. The molecule has 1 heterocycles. The maximum atomic E-state index is 13.2. The highest BCUT2D eigenvalue weighted by Crippen LogP contribution is 2.26. The number of hydrogen-bond acceptors (Lipinski definition) is 4. The van der Waals surface area contributed by atoms with E-state index in [0.717, 1.165) is 6.20 Å². The van der Waals surface area contributed by atoms with Crippen molar-refractivity contribution in [2.75, 3.05) is 11.1 Å². The van der Waals surface area contributed by atoms with Gasteiger partial charge in [0.15, 0.2) is 9.84 Å². The topological polar surface area (TPSA) is 59.1 Å². The van der Waals surface area contributed by atoms with E-state index in [1.807, 2.05) is 6.92 Å². The number of halogens is 1. The molecule has 0 radical (unpaired) electrons. The fraction of sp³-hybridized carbons (Fsp3) is 0.267. The van der Waals surface area contributed by atoms with Crippen molar-refractivity contribution in [3.63, 3.8) is 0 Å². The predicted octanol–water partition coefficient (Wildman–Crippen LogP) is 3.19. The Hall–Kier alpha value is -1.95. The number of sulfone groups is 1. The standard InChI is InChI=1S/C15H17FN2O2S/c1-3-21(19,20)15-7-5-4-6-14(15)18-11(2)12-8-13(16)10-17-9-12/h4-11,18H,3H2,1-2H3. The lowest BCUT2D eigenvalue weighted by Crippen LogP contribution is -2.12. The number of anilines is 1. The van der Waals surface area contributed by atoms with E-state index in [4.69, 9.17) is 0 Å². The van der Waals surface area contributed by atoms with Crippen molar-refractivity contribution in [3.05, 3.63) is 54.1 Å². The van der Waals surface area contributed by atoms with E-state index < -0.39 is 15.7 Å². The Balaban J connectivity index is 2.32.